The van der Waals surface area contributed by atoms with E-state index in [9.17, 15) is 0 Å². The van der Waals surface area contributed by atoms with Crippen molar-refractivity contribution in [3.63, 3.8) is 0 Å². The van der Waals surface area contributed by atoms with E-state index in [0.717, 1.165) is 36.2 Å². The van der Waals surface area contributed by atoms with E-state index >= 15 is 0 Å². The van der Waals surface area contributed by atoms with Gasteiger partial charge < -0.3 is 10.2 Å². The van der Waals surface area contributed by atoms with Crippen LogP contribution in [0.3, 0.4) is 0 Å². The van der Waals surface area contributed by atoms with Crippen LogP contribution in [0.2, 0.25) is 0 Å². The third kappa shape index (κ3) is 6.21. The molecule has 2 aromatic carbocycles. The molecule has 4 nitrogen and oxygen atoms in total. The average Bonchev–Trinajstić information content (AvgIpc) is 2.33. The molecule has 0 spiro atoms. The van der Waals surface area contributed by atoms with E-state index in [1.54, 1.807) is 0 Å². The van der Waals surface area contributed by atoms with Crippen LogP contribution in [0, 0.1) is 0 Å². The standard InChI is InChI=1S/C12H9O.CH2O3.Bi.2H/c1-3-7-11(8-4-1)13-12-9-5-2-6-10-12;2-1(3)4;;;/h1,3-10H;(H2,2,3,4);;;. The van der Waals surface area contributed by atoms with E-state index in [0.29, 0.717) is 0 Å². The molecule has 0 unspecified atom stereocenters. The molecular weight excluding hydrogens is 429 g/mol. The van der Waals surface area contributed by atoms with Crippen molar-refractivity contribution < 1.29 is 19.7 Å². The molecule has 0 aliphatic heterocycles. The first-order chi connectivity index (χ1) is 8.58. The normalized spacial score (nSPS) is 8.94. The summed E-state index contributed by atoms with van der Waals surface area (Å²) in [4.78, 5) is 8.56. The molecule has 18 heavy (non-hydrogen) atoms. The molecule has 0 aliphatic rings. The molecule has 0 bridgehead atoms. The molecule has 2 N–H and O–H groups in total. The molecule has 0 heterocycles. The summed E-state index contributed by atoms with van der Waals surface area (Å²) in [7, 11) is 0. The Bertz CT molecular complexity index is 478. The van der Waals surface area contributed by atoms with Crippen molar-refractivity contribution in [1.29, 1.82) is 0 Å². The molecule has 94 valence electrons. The maximum atomic E-state index is 8.56. The van der Waals surface area contributed by atoms with Gasteiger partial charge in [-0.15, -0.1) is 0 Å². The zero-order valence-corrected chi connectivity index (χ0v) is 14.0. The molecule has 0 aromatic heterocycles. The summed E-state index contributed by atoms with van der Waals surface area (Å²) in [6.45, 7) is 0. The van der Waals surface area contributed by atoms with Crippen molar-refractivity contribution in [3.05, 3.63) is 54.6 Å². The van der Waals surface area contributed by atoms with E-state index < -0.39 is 6.16 Å². The van der Waals surface area contributed by atoms with Gasteiger partial charge in [-0.05, 0) is 0 Å². The summed E-state index contributed by atoms with van der Waals surface area (Å²) in [5.74, 6) is 1.79. The van der Waals surface area contributed by atoms with Crippen LogP contribution in [0.1, 0.15) is 0 Å². The second-order valence-corrected chi connectivity index (χ2v) is 5.86. The van der Waals surface area contributed by atoms with Crippen molar-refractivity contribution in [1.82, 2.24) is 0 Å². The van der Waals surface area contributed by atoms with Crippen LogP contribution in [0.25, 0.3) is 0 Å². The Balaban J connectivity index is 0.000000357. The number of carboxylic acid groups (broad SMARTS) is 2. The Morgan fingerprint density at radius 3 is 1.83 bits per heavy atom. The van der Waals surface area contributed by atoms with Gasteiger partial charge in [-0.25, -0.2) is 4.79 Å². The van der Waals surface area contributed by atoms with Crippen LogP contribution in [0.15, 0.2) is 54.6 Å². The second-order valence-electron chi connectivity index (χ2n) is 3.27. The van der Waals surface area contributed by atoms with E-state index in [1.165, 1.54) is 3.27 Å². The molecule has 0 saturated carbocycles. The fourth-order valence-corrected chi connectivity index (χ4v) is 1.91. The van der Waals surface area contributed by atoms with Gasteiger partial charge in [-0.1, -0.05) is 0 Å². The van der Waals surface area contributed by atoms with Crippen molar-refractivity contribution in [2.75, 3.05) is 0 Å². The van der Waals surface area contributed by atoms with Crippen molar-refractivity contribution in [3.8, 4) is 11.5 Å². The molecule has 0 saturated heterocycles. The quantitative estimate of drug-likeness (QED) is 0.699. The van der Waals surface area contributed by atoms with Crippen LogP contribution in [-0.2, 0) is 0 Å². The third-order valence-corrected chi connectivity index (χ3v) is 3.36. The predicted molar refractivity (Wildman–Crippen MR) is 71.8 cm³/mol. The molecule has 0 aliphatic carbocycles. The summed E-state index contributed by atoms with van der Waals surface area (Å²) in [5.41, 5.74) is 0. The number of benzene rings is 2. The first kappa shape index (κ1) is 14.5. The monoisotopic (exact) mass is 442 g/mol. The van der Waals surface area contributed by atoms with Gasteiger partial charge in [0.15, 0.2) is 0 Å². The fourth-order valence-electron chi connectivity index (χ4n) is 1.16. The molecule has 5 heteroatoms. The van der Waals surface area contributed by atoms with Crippen LogP contribution in [0.5, 0.6) is 11.5 Å². The number of hydrogen-bond donors (Lipinski definition) is 2. The van der Waals surface area contributed by atoms with Gasteiger partial charge >= 0.3 is 105 Å². The van der Waals surface area contributed by atoms with E-state index in [1.807, 2.05) is 42.5 Å². The summed E-state index contributed by atoms with van der Waals surface area (Å²) in [6.07, 6.45) is -1.83. The fraction of sp³-hybridized carbons (Fsp3) is 0. The Kier molecular flexibility index (Phi) is 6.16. The minimum atomic E-state index is -1.83. The molecular formula is C13H13BiO4. The number of carbonyl (C=O) groups is 1. The van der Waals surface area contributed by atoms with Crippen molar-refractivity contribution >= 4 is 34.1 Å². The summed E-state index contributed by atoms with van der Waals surface area (Å²) < 4.78 is 7.06. The van der Waals surface area contributed by atoms with Crippen LogP contribution < -0.4 is 8.01 Å². The zero-order chi connectivity index (χ0) is 13.4. The Morgan fingerprint density at radius 2 is 1.33 bits per heavy atom. The summed E-state index contributed by atoms with van der Waals surface area (Å²) in [5, 5.41) is 13.9. The summed E-state index contributed by atoms with van der Waals surface area (Å²) in [6, 6.07) is 18.1. The Hall–Kier alpha value is -1.61. The van der Waals surface area contributed by atoms with Crippen LogP contribution >= 0.6 is 0 Å². The second kappa shape index (κ2) is 7.67. The molecule has 0 atom stereocenters. The Labute approximate surface area is 120 Å². The SMILES string of the molecule is O=C(O)O.[BiH2][c]1ccc(Oc2ccccc2)cc1. The van der Waals surface area contributed by atoms with Crippen molar-refractivity contribution in [2.45, 2.75) is 0 Å². The maximum absolute atomic E-state index is 8.56. The first-order valence-corrected chi connectivity index (χ1v) is 7.32. The molecule has 0 radical (unpaired) electrons. The van der Waals surface area contributed by atoms with E-state index in [-0.39, 0.29) is 0 Å². The van der Waals surface area contributed by atoms with Crippen molar-refractivity contribution in [2.24, 2.45) is 0 Å². The predicted octanol–water partition coefficient (Wildman–Crippen LogP) is 1.96. The first-order valence-electron chi connectivity index (χ1n) is 5.08. The van der Waals surface area contributed by atoms with Gasteiger partial charge in [-0.2, -0.15) is 0 Å². The minimum absolute atomic E-state index is 0.885. The van der Waals surface area contributed by atoms with Gasteiger partial charge in [0.25, 0.3) is 0 Å². The van der Waals surface area contributed by atoms with Gasteiger partial charge in [0.2, 0.25) is 0 Å². The molecule has 0 amide bonds. The van der Waals surface area contributed by atoms with Gasteiger partial charge in [0, 0.05) is 0 Å². The average molecular weight is 442 g/mol. The molecule has 2 aromatic rings. The van der Waals surface area contributed by atoms with Gasteiger partial charge in [0.05, 0.1) is 0 Å². The zero-order valence-electron chi connectivity index (χ0n) is 9.48. The number of para-hydroxylation sites is 1. The van der Waals surface area contributed by atoms with E-state index in [4.69, 9.17) is 19.7 Å². The number of hydrogen-bond acceptors (Lipinski definition) is 2. The Morgan fingerprint density at radius 1 is 0.889 bits per heavy atom. The molecule has 2 rings (SSSR count). The molecule has 0 fully saturated rings. The number of rotatable bonds is 2. The van der Waals surface area contributed by atoms with Crippen LogP contribution in [0.4, 0.5) is 4.79 Å². The topological polar surface area (TPSA) is 66.8 Å². The third-order valence-electron chi connectivity index (χ3n) is 1.86. The van der Waals surface area contributed by atoms with Crippen LogP contribution in [-0.4, -0.2) is 41.1 Å². The summed E-state index contributed by atoms with van der Waals surface area (Å²) >= 11 is 0.894. The van der Waals surface area contributed by atoms with Gasteiger partial charge in [0.1, 0.15) is 0 Å². The van der Waals surface area contributed by atoms with E-state index in [2.05, 4.69) is 12.1 Å². The number of ether oxygens (including phenoxy) is 1. The van der Waals surface area contributed by atoms with Gasteiger partial charge in [-0.3, -0.25) is 0 Å².